The second-order valence-electron chi connectivity index (χ2n) is 7.13. The number of hydrogen-bond acceptors (Lipinski definition) is 8. The third-order valence-electron chi connectivity index (χ3n) is 4.60. The van der Waals surface area contributed by atoms with Gasteiger partial charge in [-0.25, -0.2) is 4.98 Å². The SMILES string of the molecule is CCCOc1ccc(NC(=O)c2sc3nc(COC)nc(OC)c3c2C)cc1OCCC. The fourth-order valence-corrected chi connectivity index (χ4v) is 4.22. The zero-order chi connectivity index (χ0) is 23.1. The number of ether oxygens (including phenoxy) is 4. The molecule has 0 spiro atoms. The Bertz CT molecular complexity index is 1080. The Kier molecular flexibility index (Phi) is 8.24. The average Bonchev–Trinajstić information content (AvgIpc) is 3.13. The van der Waals surface area contributed by atoms with E-state index in [4.69, 9.17) is 18.9 Å². The average molecular weight is 460 g/mol. The van der Waals surface area contributed by atoms with Gasteiger partial charge < -0.3 is 24.3 Å². The van der Waals surface area contributed by atoms with Crippen LogP contribution in [0.5, 0.6) is 17.4 Å². The first-order valence-corrected chi connectivity index (χ1v) is 11.4. The zero-order valence-corrected chi connectivity index (χ0v) is 19.9. The van der Waals surface area contributed by atoms with Crippen LogP contribution in [0.15, 0.2) is 18.2 Å². The largest absolute Gasteiger partial charge is 0.490 e. The molecule has 0 aliphatic rings. The van der Waals surface area contributed by atoms with Gasteiger partial charge in [0.15, 0.2) is 17.3 Å². The molecule has 0 unspecified atom stereocenters. The number of benzene rings is 1. The van der Waals surface area contributed by atoms with Gasteiger partial charge in [0, 0.05) is 18.9 Å². The lowest BCUT2D eigenvalue weighted by Crippen LogP contribution is -2.12. The maximum atomic E-state index is 13.1. The lowest BCUT2D eigenvalue weighted by molar-refractivity contribution is 0.103. The van der Waals surface area contributed by atoms with Crippen LogP contribution in [-0.2, 0) is 11.3 Å². The summed E-state index contributed by atoms with van der Waals surface area (Å²) in [5.41, 5.74) is 1.40. The normalized spacial score (nSPS) is 10.9. The number of nitrogens with one attached hydrogen (secondary N) is 1. The number of carbonyl (C=O) groups is 1. The zero-order valence-electron chi connectivity index (χ0n) is 19.1. The van der Waals surface area contributed by atoms with Crippen LogP contribution in [0.1, 0.15) is 47.7 Å². The predicted molar refractivity (Wildman–Crippen MR) is 125 cm³/mol. The molecule has 9 heteroatoms. The van der Waals surface area contributed by atoms with Gasteiger partial charge in [-0.05, 0) is 37.5 Å². The molecule has 0 radical (unpaired) electrons. The lowest BCUT2D eigenvalue weighted by atomic mass is 10.2. The Morgan fingerprint density at radius 2 is 1.78 bits per heavy atom. The van der Waals surface area contributed by atoms with E-state index in [0.29, 0.717) is 51.8 Å². The highest BCUT2D eigenvalue weighted by Crippen LogP contribution is 2.36. The van der Waals surface area contributed by atoms with Crippen molar-refractivity contribution in [1.29, 1.82) is 0 Å². The Morgan fingerprint density at radius 3 is 2.44 bits per heavy atom. The van der Waals surface area contributed by atoms with E-state index in [1.165, 1.54) is 11.3 Å². The molecule has 0 aliphatic heterocycles. The Hall–Kier alpha value is -2.91. The summed E-state index contributed by atoms with van der Waals surface area (Å²) in [6, 6.07) is 5.42. The molecule has 0 atom stereocenters. The van der Waals surface area contributed by atoms with E-state index in [2.05, 4.69) is 15.3 Å². The van der Waals surface area contributed by atoms with Gasteiger partial charge in [-0.3, -0.25) is 4.79 Å². The number of fused-ring (bicyclic) bond motifs is 1. The summed E-state index contributed by atoms with van der Waals surface area (Å²) in [6.45, 7) is 7.38. The maximum Gasteiger partial charge on any atom is 0.266 e. The van der Waals surface area contributed by atoms with Crippen molar-refractivity contribution in [3.05, 3.63) is 34.5 Å². The van der Waals surface area contributed by atoms with Gasteiger partial charge in [0.05, 0.1) is 30.6 Å². The van der Waals surface area contributed by atoms with E-state index in [1.807, 2.05) is 26.8 Å². The van der Waals surface area contributed by atoms with Gasteiger partial charge in [-0.2, -0.15) is 4.98 Å². The summed E-state index contributed by atoms with van der Waals surface area (Å²) in [6.07, 6.45) is 1.77. The van der Waals surface area contributed by atoms with Crippen LogP contribution in [-0.4, -0.2) is 43.3 Å². The molecule has 1 amide bonds. The fraction of sp³-hybridized carbons (Fsp3) is 0.435. The van der Waals surface area contributed by atoms with Crippen molar-refractivity contribution in [1.82, 2.24) is 9.97 Å². The molecule has 2 aromatic heterocycles. The molecule has 32 heavy (non-hydrogen) atoms. The molecule has 0 saturated carbocycles. The van der Waals surface area contributed by atoms with E-state index in [-0.39, 0.29) is 12.5 Å². The smallest absolute Gasteiger partial charge is 0.266 e. The quantitative estimate of drug-likeness (QED) is 0.432. The molecule has 3 aromatic rings. The van der Waals surface area contributed by atoms with Crippen LogP contribution in [0.25, 0.3) is 10.2 Å². The molecule has 1 aromatic carbocycles. The Balaban J connectivity index is 1.90. The fourth-order valence-electron chi connectivity index (χ4n) is 3.13. The third-order valence-corrected chi connectivity index (χ3v) is 5.79. The minimum Gasteiger partial charge on any atom is -0.490 e. The molecule has 2 heterocycles. The van der Waals surface area contributed by atoms with Gasteiger partial charge in [0.25, 0.3) is 5.91 Å². The molecule has 8 nitrogen and oxygen atoms in total. The topological polar surface area (TPSA) is 91.8 Å². The van der Waals surface area contributed by atoms with Crippen LogP contribution in [0.4, 0.5) is 5.69 Å². The summed E-state index contributed by atoms with van der Waals surface area (Å²) in [7, 11) is 3.13. The summed E-state index contributed by atoms with van der Waals surface area (Å²) >= 11 is 1.30. The first kappa shape index (κ1) is 23.7. The minimum atomic E-state index is -0.232. The minimum absolute atomic E-state index is 0.232. The number of carbonyl (C=O) groups excluding carboxylic acids is 1. The molecule has 3 rings (SSSR count). The monoisotopic (exact) mass is 459 g/mol. The number of nitrogens with zero attached hydrogens (tertiary/aromatic N) is 2. The van der Waals surface area contributed by atoms with Gasteiger partial charge in [0.1, 0.15) is 11.4 Å². The number of hydrogen-bond donors (Lipinski definition) is 1. The van der Waals surface area contributed by atoms with E-state index >= 15 is 0 Å². The van der Waals surface area contributed by atoms with Crippen molar-refractivity contribution in [2.75, 3.05) is 32.8 Å². The van der Waals surface area contributed by atoms with Crippen molar-refractivity contribution in [3.63, 3.8) is 0 Å². The highest BCUT2D eigenvalue weighted by Gasteiger charge is 2.21. The van der Waals surface area contributed by atoms with E-state index in [9.17, 15) is 4.79 Å². The Morgan fingerprint density at radius 1 is 1.06 bits per heavy atom. The van der Waals surface area contributed by atoms with Gasteiger partial charge in [0.2, 0.25) is 5.88 Å². The predicted octanol–water partition coefficient (Wildman–Crippen LogP) is 4.98. The van der Waals surface area contributed by atoms with Crippen LogP contribution < -0.4 is 19.5 Å². The van der Waals surface area contributed by atoms with Gasteiger partial charge in [-0.1, -0.05) is 13.8 Å². The molecular formula is C23H29N3O5S. The number of aromatic nitrogens is 2. The molecule has 172 valence electrons. The number of rotatable bonds is 11. The van der Waals surface area contributed by atoms with Crippen LogP contribution >= 0.6 is 11.3 Å². The van der Waals surface area contributed by atoms with Crippen LogP contribution in [0.2, 0.25) is 0 Å². The van der Waals surface area contributed by atoms with Crippen molar-refractivity contribution < 1.29 is 23.7 Å². The molecule has 0 bridgehead atoms. The van der Waals surface area contributed by atoms with E-state index < -0.39 is 0 Å². The first-order chi connectivity index (χ1) is 15.5. The van der Waals surface area contributed by atoms with Crippen molar-refractivity contribution in [3.8, 4) is 17.4 Å². The highest BCUT2D eigenvalue weighted by atomic mass is 32.1. The van der Waals surface area contributed by atoms with Crippen molar-refractivity contribution >= 4 is 33.1 Å². The lowest BCUT2D eigenvalue weighted by Gasteiger charge is -2.14. The summed E-state index contributed by atoms with van der Waals surface area (Å²) < 4.78 is 22.2. The number of methoxy groups -OCH3 is 2. The molecule has 0 saturated heterocycles. The second kappa shape index (κ2) is 11.1. The number of thiophene rings is 1. The second-order valence-corrected chi connectivity index (χ2v) is 8.13. The molecule has 0 fully saturated rings. The van der Waals surface area contributed by atoms with Gasteiger partial charge in [-0.15, -0.1) is 11.3 Å². The summed E-state index contributed by atoms with van der Waals surface area (Å²) in [5.74, 6) is 1.99. The van der Waals surface area contributed by atoms with Gasteiger partial charge >= 0.3 is 0 Å². The third kappa shape index (κ3) is 5.28. The molecular weight excluding hydrogens is 430 g/mol. The standard InChI is InChI=1S/C23H29N3O5S/c1-6-10-30-16-9-8-15(12-17(16)31-11-7-2)24-21(27)20-14(3)19-22(29-5)25-18(13-28-4)26-23(19)32-20/h8-9,12H,6-7,10-11,13H2,1-5H3,(H,24,27). The van der Waals surface area contributed by atoms with Crippen LogP contribution in [0.3, 0.4) is 0 Å². The number of anilines is 1. The number of amides is 1. The Labute approximate surface area is 191 Å². The summed E-state index contributed by atoms with van der Waals surface area (Å²) in [5, 5.41) is 3.69. The molecule has 1 N–H and O–H groups in total. The first-order valence-electron chi connectivity index (χ1n) is 10.6. The highest BCUT2D eigenvalue weighted by molar-refractivity contribution is 7.20. The van der Waals surface area contributed by atoms with E-state index in [0.717, 1.165) is 23.8 Å². The summed E-state index contributed by atoms with van der Waals surface area (Å²) in [4.78, 5) is 23.2. The van der Waals surface area contributed by atoms with Crippen molar-refractivity contribution in [2.45, 2.75) is 40.2 Å². The van der Waals surface area contributed by atoms with Crippen molar-refractivity contribution in [2.24, 2.45) is 0 Å². The van der Waals surface area contributed by atoms with E-state index in [1.54, 1.807) is 26.4 Å². The number of aryl methyl sites for hydroxylation is 1. The molecule has 0 aliphatic carbocycles. The maximum absolute atomic E-state index is 13.1. The van der Waals surface area contributed by atoms with Crippen LogP contribution in [0, 0.1) is 6.92 Å².